The van der Waals surface area contributed by atoms with Gasteiger partial charge in [0.05, 0.1) is 19.1 Å². The van der Waals surface area contributed by atoms with Crippen LogP contribution in [0.4, 0.5) is 0 Å². The summed E-state index contributed by atoms with van der Waals surface area (Å²) >= 11 is 1.04. The van der Waals surface area contributed by atoms with Gasteiger partial charge in [-0.05, 0) is 24.8 Å². The fraction of sp³-hybridized carbons (Fsp3) is 0.538. The number of methoxy groups -OCH3 is 1. The molecule has 0 aliphatic heterocycles. The number of hydrogen-bond donors (Lipinski definition) is 0. The van der Waals surface area contributed by atoms with E-state index in [4.69, 9.17) is 5.26 Å². The van der Waals surface area contributed by atoms with Gasteiger partial charge < -0.3 is 4.74 Å². The quantitative estimate of drug-likeness (QED) is 0.745. The molecule has 1 rings (SSSR count). The van der Waals surface area contributed by atoms with Gasteiger partial charge in [0.15, 0.2) is 0 Å². The number of hydrogen-bond acceptors (Lipinski definition) is 6. The highest BCUT2D eigenvalue weighted by Crippen LogP contribution is 2.30. The fourth-order valence-corrected chi connectivity index (χ4v) is 5.06. The molecule has 0 aliphatic rings. The van der Waals surface area contributed by atoms with E-state index in [2.05, 4.69) is 4.74 Å². The van der Waals surface area contributed by atoms with E-state index in [-0.39, 0.29) is 22.9 Å². The van der Waals surface area contributed by atoms with Gasteiger partial charge >= 0.3 is 5.97 Å². The maximum absolute atomic E-state index is 12.8. The molecule has 1 unspecified atom stereocenters. The standard InChI is InChI=1S/C13H18N2O4S2/c1-5-15(7-9(2)6-14)21(17,18)12-10(3)8-20-11(12)13(16)19-4/h8-9H,5,7H2,1-4H3. The third kappa shape index (κ3) is 3.61. The summed E-state index contributed by atoms with van der Waals surface area (Å²) in [6.07, 6.45) is 0. The first-order valence-corrected chi connectivity index (χ1v) is 8.67. The maximum Gasteiger partial charge on any atom is 0.349 e. The molecule has 8 heteroatoms. The van der Waals surface area contributed by atoms with Crippen molar-refractivity contribution in [2.24, 2.45) is 5.92 Å². The zero-order valence-electron chi connectivity index (χ0n) is 12.4. The van der Waals surface area contributed by atoms with Crippen LogP contribution >= 0.6 is 11.3 Å². The van der Waals surface area contributed by atoms with Crippen molar-refractivity contribution in [3.63, 3.8) is 0 Å². The lowest BCUT2D eigenvalue weighted by Gasteiger charge is -2.22. The molecular weight excluding hydrogens is 312 g/mol. The summed E-state index contributed by atoms with van der Waals surface area (Å²) in [5.41, 5.74) is 0.503. The maximum atomic E-state index is 12.8. The normalized spacial score (nSPS) is 13.0. The largest absolute Gasteiger partial charge is 0.465 e. The topological polar surface area (TPSA) is 87.5 Å². The van der Waals surface area contributed by atoms with Crippen LogP contribution in [-0.4, -0.2) is 38.9 Å². The van der Waals surface area contributed by atoms with Crippen molar-refractivity contribution in [2.75, 3.05) is 20.2 Å². The summed E-state index contributed by atoms with van der Waals surface area (Å²) in [5.74, 6) is -1.10. The predicted molar refractivity (Wildman–Crippen MR) is 79.6 cm³/mol. The van der Waals surface area contributed by atoms with Crippen LogP contribution in [0.5, 0.6) is 0 Å². The number of ether oxygens (including phenoxy) is 1. The highest BCUT2D eigenvalue weighted by atomic mass is 32.2. The van der Waals surface area contributed by atoms with E-state index in [1.807, 2.05) is 6.07 Å². The highest BCUT2D eigenvalue weighted by molar-refractivity contribution is 7.89. The van der Waals surface area contributed by atoms with Crippen LogP contribution in [0.15, 0.2) is 10.3 Å². The van der Waals surface area contributed by atoms with Gasteiger partial charge in [-0.2, -0.15) is 9.57 Å². The molecule has 116 valence electrons. The highest BCUT2D eigenvalue weighted by Gasteiger charge is 2.32. The SMILES string of the molecule is CCN(CC(C)C#N)S(=O)(=O)c1c(C)csc1C(=O)OC. The lowest BCUT2D eigenvalue weighted by atomic mass is 10.2. The molecule has 0 radical (unpaired) electrons. The lowest BCUT2D eigenvalue weighted by molar-refractivity contribution is 0.0602. The molecule has 0 saturated heterocycles. The Bertz CT molecular complexity index is 658. The molecule has 1 aromatic heterocycles. The van der Waals surface area contributed by atoms with Crippen molar-refractivity contribution in [3.8, 4) is 6.07 Å². The van der Waals surface area contributed by atoms with Crippen LogP contribution in [0, 0.1) is 24.2 Å². The van der Waals surface area contributed by atoms with Crippen LogP contribution in [-0.2, 0) is 14.8 Å². The molecule has 0 saturated carbocycles. The molecular formula is C13H18N2O4S2. The van der Waals surface area contributed by atoms with Crippen LogP contribution < -0.4 is 0 Å². The van der Waals surface area contributed by atoms with Crippen LogP contribution in [0.3, 0.4) is 0 Å². The third-order valence-electron chi connectivity index (χ3n) is 2.94. The molecule has 1 heterocycles. The van der Waals surface area contributed by atoms with Gasteiger partial charge in [-0.25, -0.2) is 13.2 Å². The number of aryl methyl sites for hydroxylation is 1. The Morgan fingerprint density at radius 3 is 2.67 bits per heavy atom. The summed E-state index contributed by atoms with van der Waals surface area (Å²) in [6.45, 7) is 5.30. The Morgan fingerprint density at radius 2 is 2.19 bits per heavy atom. The van der Waals surface area contributed by atoms with Crippen molar-refractivity contribution < 1.29 is 17.9 Å². The molecule has 0 bridgehead atoms. The minimum atomic E-state index is -3.84. The molecule has 0 aromatic carbocycles. The average molecular weight is 330 g/mol. The van der Waals surface area contributed by atoms with Crippen LogP contribution in [0.1, 0.15) is 29.1 Å². The number of thiophene rings is 1. The number of carbonyl (C=O) groups excluding carboxylic acids is 1. The van der Waals surface area contributed by atoms with E-state index in [0.717, 1.165) is 11.3 Å². The minimum absolute atomic E-state index is 0.0219. The summed E-state index contributed by atoms with van der Waals surface area (Å²) in [6, 6.07) is 2.02. The Balaban J connectivity index is 3.33. The van der Waals surface area contributed by atoms with Gasteiger partial charge in [0.25, 0.3) is 0 Å². The Hall–Kier alpha value is -1.43. The van der Waals surface area contributed by atoms with E-state index < -0.39 is 21.9 Å². The van der Waals surface area contributed by atoms with E-state index >= 15 is 0 Å². The molecule has 1 atom stereocenters. The second kappa shape index (κ2) is 7.02. The average Bonchev–Trinajstić information content (AvgIpc) is 2.85. The second-order valence-electron chi connectivity index (χ2n) is 4.55. The van der Waals surface area contributed by atoms with E-state index in [0.29, 0.717) is 5.56 Å². The summed E-state index contributed by atoms with van der Waals surface area (Å²) in [4.78, 5) is 11.8. The lowest BCUT2D eigenvalue weighted by Crippen LogP contribution is -2.35. The van der Waals surface area contributed by atoms with E-state index in [1.165, 1.54) is 11.4 Å². The van der Waals surface area contributed by atoms with E-state index in [9.17, 15) is 13.2 Å². The molecule has 0 spiro atoms. The number of nitriles is 1. The van der Waals surface area contributed by atoms with Crippen molar-refractivity contribution in [3.05, 3.63) is 15.8 Å². The number of esters is 1. The van der Waals surface area contributed by atoms with Gasteiger partial charge in [0, 0.05) is 13.1 Å². The number of carbonyl (C=O) groups is 1. The number of sulfonamides is 1. The van der Waals surface area contributed by atoms with Crippen LogP contribution in [0.2, 0.25) is 0 Å². The van der Waals surface area contributed by atoms with Gasteiger partial charge in [-0.15, -0.1) is 11.3 Å². The first-order chi connectivity index (χ1) is 9.79. The minimum Gasteiger partial charge on any atom is -0.465 e. The summed E-state index contributed by atoms with van der Waals surface area (Å²) < 4.78 is 31.4. The Kier molecular flexibility index (Phi) is 5.89. The van der Waals surface area contributed by atoms with Gasteiger partial charge in [0.2, 0.25) is 10.0 Å². The molecule has 0 aliphatic carbocycles. The van der Waals surface area contributed by atoms with Gasteiger partial charge in [-0.1, -0.05) is 6.92 Å². The van der Waals surface area contributed by atoms with Crippen molar-refractivity contribution >= 4 is 27.3 Å². The van der Waals surface area contributed by atoms with Crippen LogP contribution in [0.25, 0.3) is 0 Å². The molecule has 0 N–H and O–H groups in total. The molecule has 6 nitrogen and oxygen atoms in total. The molecule has 0 fully saturated rings. The second-order valence-corrected chi connectivity index (χ2v) is 7.31. The number of nitrogens with zero attached hydrogens (tertiary/aromatic N) is 2. The smallest absolute Gasteiger partial charge is 0.349 e. The molecule has 21 heavy (non-hydrogen) atoms. The van der Waals surface area contributed by atoms with Crippen molar-refractivity contribution in [1.29, 1.82) is 5.26 Å². The van der Waals surface area contributed by atoms with Crippen molar-refractivity contribution in [2.45, 2.75) is 25.7 Å². The number of rotatable bonds is 6. The predicted octanol–water partition coefficient (Wildman–Crippen LogP) is 2.01. The van der Waals surface area contributed by atoms with Gasteiger partial charge in [-0.3, -0.25) is 0 Å². The fourth-order valence-electron chi connectivity index (χ4n) is 1.86. The third-order valence-corrected chi connectivity index (χ3v) is 6.27. The Morgan fingerprint density at radius 1 is 1.57 bits per heavy atom. The van der Waals surface area contributed by atoms with Crippen molar-refractivity contribution in [1.82, 2.24) is 4.31 Å². The first-order valence-electron chi connectivity index (χ1n) is 6.35. The molecule has 0 amide bonds. The molecule has 1 aromatic rings. The zero-order valence-corrected chi connectivity index (χ0v) is 14.0. The summed E-state index contributed by atoms with van der Waals surface area (Å²) in [5, 5.41) is 10.5. The first kappa shape index (κ1) is 17.6. The Labute approximate surface area is 129 Å². The zero-order chi connectivity index (χ0) is 16.2. The van der Waals surface area contributed by atoms with Gasteiger partial charge in [0.1, 0.15) is 9.77 Å². The van der Waals surface area contributed by atoms with E-state index in [1.54, 1.807) is 26.2 Å². The monoisotopic (exact) mass is 330 g/mol. The summed E-state index contributed by atoms with van der Waals surface area (Å²) in [7, 11) is -2.63.